The van der Waals surface area contributed by atoms with E-state index in [2.05, 4.69) is 39.1 Å². The molecule has 2 rings (SSSR count). The number of hydrogen-bond acceptors (Lipinski definition) is 3. The fourth-order valence-corrected chi connectivity index (χ4v) is 3.79. The van der Waals surface area contributed by atoms with E-state index in [4.69, 9.17) is 16.3 Å². The maximum atomic E-state index is 6.40. The molecule has 112 valence electrons. The minimum Gasteiger partial charge on any atom is -0.377 e. The molecule has 1 aromatic rings. The molecule has 2 nitrogen and oxygen atoms in total. The minimum atomic E-state index is 0.0882. The van der Waals surface area contributed by atoms with Gasteiger partial charge < -0.3 is 10.1 Å². The van der Waals surface area contributed by atoms with Crippen molar-refractivity contribution in [3.63, 3.8) is 0 Å². The Morgan fingerprint density at radius 3 is 2.75 bits per heavy atom. The highest BCUT2D eigenvalue weighted by Crippen LogP contribution is 2.36. The van der Waals surface area contributed by atoms with E-state index in [1.54, 1.807) is 0 Å². The van der Waals surface area contributed by atoms with Crippen LogP contribution in [0.15, 0.2) is 23.1 Å². The molecule has 4 heteroatoms. The van der Waals surface area contributed by atoms with Crippen LogP contribution in [-0.4, -0.2) is 23.5 Å². The molecule has 1 aliphatic heterocycles. The Bertz CT molecular complexity index is 458. The van der Waals surface area contributed by atoms with Gasteiger partial charge in [-0.15, -0.1) is 11.8 Å². The van der Waals surface area contributed by atoms with Crippen molar-refractivity contribution in [3.05, 3.63) is 28.8 Å². The Hall–Kier alpha value is -0.220. The van der Waals surface area contributed by atoms with Gasteiger partial charge in [0.15, 0.2) is 0 Å². The average molecular weight is 314 g/mol. The first kappa shape index (κ1) is 16.2. The highest BCUT2D eigenvalue weighted by atomic mass is 35.5. The topological polar surface area (TPSA) is 21.3 Å². The number of benzene rings is 1. The second-order valence-corrected chi connectivity index (χ2v) is 8.03. The summed E-state index contributed by atoms with van der Waals surface area (Å²) in [6.45, 7) is 10.3. The first-order valence-corrected chi connectivity index (χ1v) is 8.43. The Kier molecular flexibility index (Phi) is 5.41. The molecule has 1 saturated heterocycles. The van der Waals surface area contributed by atoms with Crippen LogP contribution in [0.4, 0.5) is 0 Å². The van der Waals surface area contributed by atoms with E-state index >= 15 is 0 Å². The summed E-state index contributed by atoms with van der Waals surface area (Å²) in [6, 6.07) is 6.17. The van der Waals surface area contributed by atoms with Gasteiger partial charge in [-0.2, -0.15) is 0 Å². The molecule has 0 bridgehead atoms. The molecule has 1 aromatic carbocycles. The standard InChI is InChI=1S/C16H24ClNOS/c1-11-14(8-9-19-11)20-15-7-5-6-13(17)12(15)10-18-16(2,3)4/h5-7,11,14,18H,8-10H2,1-4H3. The molecule has 1 fully saturated rings. The summed E-state index contributed by atoms with van der Waals surface area (Å²) < 4.78 is 5.65. The van der Waals surface area contributed by atoms with Gasteiger partial charge in [-0.3, -0.25) is 0 Å². The zero-order chi connectivity index (χ0) is 14.8. The molecule has 0 saturated carbocycles. The van der Waals surface area contributed by atoms with Crippen molar-refractivity contribution in [2.75, 3.05) is 6.61 Å². The molecule has 1 N–H and O–H groups in total. The van der Waals surface area contributed by atoms with Crippen LogP contribution in [0.3, 0.4) is 0 Å². The van der Waals surface area contributed by atoms with Crippen molar-refractivity contribution in [2.45, 2.75) is 62.4 Å². The Morgan fingerprint density at radius 1 is 1.40 bits per heavy atom. The average Bonchev–Trinajstić information content (AvgIpc) is 2.73. The molecule has 1 heterocycles. The third-order valence-corrected chi connectivity index (χ3v) is 5.37. The van der Waals surface area contributed by atoms with Gasteiger partial charge in [-0.1, -0.05) is 17.7 Å². The molecule has 0 amide bonds. The van der Waals surface area contributed by atoms with Gasteiger partial charge in [0.25, 0.3) is 0 Å². The summed E-state index contributed by atoms with van der Waals surface area (Å²) in [5.41, 5.74) is 1.29. The molecule has 20 heavy (non-hydrogen) atoms. The lowest BCUT2D eigenvalue weighted by molar-refractivity contribution is 0.127. The van der Waals surface area contributed by atoms with E-state index in [1.807, 2.05) is 23.9 Å². The van der Waals surface area contributed by atoms with Crippen molar-refractivity contribution in [1.82, 2.24) is 5.32 Å². The van der Waals surface area contributed by atoms with Crippen molar-refractivity contribution in [2.24, 2.45) is 0 Å². The third kappa shape index (κ3) is 4.39. The van der Waals surface area contributed by atoms with Crippen LogP contribution in [0, 0.1) is 0 Å². The van der Waals surface area contributed by atoms with Crippen LogP contribution >= 0.6 is 23.4 Å². The maximum absolute atomic E-state index is 6.40. The molecule has 2 unspecified atom stereocenters. The molecular formula is C16H24ClNOS. The lowest BCUT2D eigenvalue weighted by atomic mass is 10.1. The molecule has 0 aliphatic carbocycles. The number of nitrogens with one attached hydrogen (secondary N) is 1. The number of ether oxygens (including phenoxy) is 1. The van der Waals surface area contributed by atoms with Crippen molar-refractivity contribution in [3.8, 4) is 0 Å². The number of hydrogen-bond donors (Lipinski definition) is 1. The lowest BCUT2D eigenvalue weighted by Crippen LogP contribution is -2.35. The van der Waals surface area contributed by atoms with E-state index < -0.39 is 0 Å². The van der Waals surface area contributed by atoms with Gasteiger partial charge in [0.2, 0.25) is 0 Å². The smallest absolute Gasteiger partial charge is 0.0669 e. The first-order valence-electron chi connectivity index (χ1n) is 7.17. The summed E-state index contributed by atoms with van der Waals surface area (Å²) in [7, 11) is 0. The predicted octanol–water partition coefficient (Wildman–Crippen LogP) is 4.50. The van der Waals surface area contributed by atoms with Crippen molar-refractivity contribution >= 4 is 23.4 Å². The summed E-state index contributed by atoms with van der Waals surface area (Å²) in [5.74, 6) is 0. The van der Waals surface area contributed by atoms with Crippen LogP contribution < -0.4 is 5.32 Å². The molecule has 0 radical (unpaired) electrons. The fourth-order valence-electron chi connectivity index (χ4n) is 2.20. The largest absolute Gasteiger partial charge is 0.377 e. The van der Waals surface area contributed by atoms with Crippen molar-refractivity contribution in [1.29, 1.82) is 0 Å². The van der Waals surface area contributed by atoms with Gasteiger partial charge >= 0.3 is 0 Å². The number of rotatable bonds is 4. The van der Waals surface area contributed by atoms with E-state index in [0.29, 0.717) is 11.4 Å². The number of halogens is 1. The highest BCUT2D eigenvalue weighted by molar-refractivity contribution is 8.00. The van der Waals surface area contributed by atoms with Crippen LogP contribution in [0.5, 0.6) is 0 Å². The van der Waals surface area contributed by atoms with Crippen LogP contribution in [0.1, 0.15) is 39.7 Å². The predicted molar refractivity (Wildman–Crippen MR) is 87.7 cm³/mol. The van der Waals surface area contributed by atoms with E-state index in [-0.39, 0.29) is 5.54 Å². The van der Waals surface area contributed by atoms with E-state index in [0.717, 1.165) is 24.6 Å². The highest BCUT2D eigenvalue weighted by Gasteiger charge is 2.26. The molecular weight excluding hydrogens is 290 g/mol. The SMILES string of the molecule is CC1OCCC1Sc1cccc(Cl)c1CNC(C)(C)C. The van der Waals surface area contributed by atoms with Gasteiger partial charge in [0.05, 0.1) is 6.10 Å². The number of thioether (sulfide) groups is 1. The summed E-state index contributed by atoms with van der Waals surface area (Å²) >= 11 is 8.30. The van der Waals surface area contributed by atoms with Gasteiger partial charge in [-0.25, -0.2) is 0 Å². The second-order valence-electron chi connectivity index (χ2n) is 6.34. The van der Waals surface area contributed by atoms with Crippen LogP contribution in [-0.2, 0) is 11.3 Å². The Balaban J connectivity index is 2.13. The van der Waals surface area contributed by atoms with E-state index in [9.17, 15) is 0 Å². The normalized spacial score (nSPS) is 23.2. The molecule has 0 aromatic heterocycles. The lowest BCUT2D eigenvalue weighted by Gasteiger charge is -2.23. The Morgan fingerprint density at radius 2 is 2.15 bits per heavy atom. The molecule has 1 aliphatic rings. The van der Waals surface area contributed by atoms with E-state index in [1.165, 1.54) is 10.5 Å². The summed E-state index contributed by atoms with van der Waals surface area (Å²) in [5, 5.41) is 4.90. The zero-order valence-corrected chi connectivity index (χ0v) is 14.3. The van der Waals surface area contributed by atoms with Gasteiger partial charge in [-0.05, 0) is 51.8 Å². The monoisotopic (exact) mass is 313 g/mol. The van der Waals surface area contributed by atoms with Gasteiger partial charge in [0.1, 0.15) is 0 Å². The Labute approximate surface area is 131 Å². The third-order valence-electron chi connectivity index (χ3n) is 3.46. The quantitative estimate of drug-likeness (QED) is 0.884. The minimum absolute atomic E-state index is 0.0882. The van der Waals surface area contributed by atoms with Crippen LogP contribution in [0.2, 0.25) is 5.02 Å². The fraction of sp³-hybridized carbons (Fsp3) is 0.625. The van der Waals surface area contributed by atoms with Crippen molar-refractivity contribution < 1.29 is 4.74 Å². The summed E-state index contributed by atoms with van der Waals surface area (Å²) in [4.78, 5) is 1.27. The summed E-state index contributed by atoms with van der Waals surface area (Å²) in [6.07, 6.45) is 1.44. The maximum Gasteiger partial charge on any atom is 0.0669 e. The second kappa shape index (κ2) is 6.69. The first-order chi connectivity index (χ1) is 9.37. The molecule has 0 spiro atoms. The zero-order valence-electron chi connectivity index (χ0n) is 12.7. The molecule has 2 atom stereocenters. The van der Waals surface area contributed by atoms with Gasteiger partial charge in [0, 0.05) is 33.9 Å². The van der Waals surface area contributed by atoms with Crippen LogP contribution in [0.25, 0.3) is 0 Å².